The van der Waals surface area contributed by atoms with Gasteiger partial charge in [-0.1, -0.05) is 26.0 Å². The molecule has 0 fully saturated rings. The molecular formula is C14H22FNO. The van der Waals surface area contributed by atoms with Crippen LogP contribution in [0.25, 0.3) is 0 Å². The number of benzene rings is 1. The molecule has 0 aromatic heterocycles. The maximum Gasteiger partial charge on any atom is 0.146 e. The number of para-hydroxylation sites is 1. The highest BCUT2D eigenvalue weighted by molar-refractivity contribution is 5.56. The Balaban J connectivity index is 3.19. The van der Waals surface area contributed by atoms with Gasteiger partial charge < -0.3 is 10.0 Å². The minimum absolute atomic E-state index is 0.266. The summed E-state index contributed by atoms with van der Waals surface area (Å²) in [5.41, 5.74) is 1.18. The molecule has 1 rings (SSSR count). The highest BCUT2D eigenvalue weighted by Crippen LogP contribution is 2.30. The summed E-state index contributed by atoms with van der Waals surface area (Å²) < 4.78 is 13.9. The molecule has 0 aliphatic heterocycles. The first-order valence-corrected chi connectivity index (χ1v) is 6.22. The molecule has 0 aliphatic rings. The molecule has 0 amide bonds. The molecule has 96 valence electrons. The molecule has 1 atom stereocenters. The van der Waals surface area contributed by atoms with Crippen molar-refractivity contribution >= 4 is 5.69 Å². The van der Waals surface area contributed by atoms with Crippen molar-refractivity contribution in [1.29, 1.82) is 0 Å². The van der Waals surface area contributed by atoms with Crippen LogP contribution in [0.15, 0.2) is 18.2 Å². The summed E-state index contributed by atoms with van der Waals surface area (Å²) >= 11 is 0. The van der Waals surface area contributed by atoms with Crippen molar-refractivity contribution in [3.8, 4) is 0 Å². The average molecular weight is 239 g/mol. The van der Waals surface area contributed by atoms with Crippen LogP contribution in [0.4, 0.5) is 10.1 Å². The van der Waals surface area contributed by atoms with E-state index in [1.165, 1.54) is 6.07 Å². The van der Waals surface area contributed by atoms with Crippen LogP contribution in [0, 0.1) is 5.82 Å². The number of hydrogen-bond donors (Lipinski definition) is 1. The zero-order valence-corrected chi connectivity index (χ0v) is 11.1. The highest BCUT2D eigenvalue weighted by Gasteiger charge is 2.20. The molecule has 0 unspecified atom stereocenters. The lowest BCUT2D eigenvalue weighted by molar-refractivity contribution is 0.199. The summed E-state index contributed by atoms with van der Waals surface area (Å²) in [7, 11) is 1.89. The van der Waals surface area contributed by atoms with Crippen molar-refractivity contribution in [1.82, 2.24) is 0 Å². The molecule has 3 heteroatoms. The van der Waals surface area contributed by atoms with Crippen LogP contribution < -0.4 is 4.90 Å². The summed E-state index contributed by atoms with van der Waals surface area (Å²) in [6.45, 7) is 5.85. The molecule has 17 heavy (non-hydrogen) atoms. The van der Waals surface area contributed by atoms with Crippen LogP contribution in [0.5, 0.6) is 0 Å². The molecule has 1 aromatic carbocycles. The zero-order valence-electron chi connectivity index (χ0n) is 11.1. The van der Waals surface area contributed by atoms with Crippen molar-refractivity contribution in [3.05, 3.63) is 29.6 Å². The van der Waals surface area contributed by atoms with E-state index in [1.54, 1.807) is 19.1 Å². The summed E-state index contributed by atoms with van der Waals surface area (Å²) in [5.74, 6) is -0.266. The monoisotopic (exact) mass is 239 g/mol. The Labute approximate surface area is 103 Å². The second-order valence-electron chi connectivity index (χ2n) is 4.43. The summed E-state index contributed by atoms with van der Waals surface area (Å²) in [6, 6.07) is 5.16. The fourth-order valence-corrected chi connectivity index (χ4v) is 2.26. The second-order valence-corrected chi connectivity index (χ2v) is 4.43. The largest absolute Gasteiger partial charge is 0.389 e. The van der Waals surface area contributed by atoms with E-state index >= 15 is 0 Å². The fourth-order valence-electron chi connectivity index (χ4n) is 2.26. The Kier molecular flexibility index (Phi) is 4.94. The molecule has 0 bridgehead atoms. The van der Waals surface area contributed by atoms with Gasteiger partial charge in [0.2, 0.25) is 0 Å². The highest BCUT2D eigenvalue weighted by atomic mass is 19.1. The number of hydrogen-bond acceptors (Lipinski definition) is 2. The van der Waals surface area contributed by atoms with Crippen LogP contribution in [-0.4, -0.2) is 18.2 Å². The molecule has 2 nitrogen and oxygen atoms in total. The third-order valence-corrected chi connectivity index (χ3v) is 3.31. The molecule has 0 aliphatic carbocycles. The quantitative estimate of drug-likeness (QED) is 0.850. The lowest BCUT2D eigenvalue weighted by Crippen LogP contribution is -2.32. The third kappa shape index (κ3) is 2.97. The van der Waals surface area contributed by atoms with Gasteiger partial charge in [-0.3, -0.25) is 0 Å². The van der Waals surface area contributed by atoms with E-state index in [1.807, 2.05) is 11.9 Å². The molecule has 0 heterocycles. The fraction of sp³-hybridized carbons (Fsp3) is 0.571. The van der Waals surface area contributed by atoms with Gasteiger partial charge in [-0.05, 0) is 25.8 Å². The normalized spacial score (nSPS) is 12.9. The van der Waals surface area contributed by atoms with Crippen molar-refractivity contribution in [2.45, 2.75) is 45.8 Å². The lowest BCUT2D eigenvalue weighted by atomic mass is 10.0. The molecule has 1 aromatic rings. The minimum atomic E-state index is -0.655. The number of halogens is 1. The van der Waals surface area contributed by atoms with E-state index < -0.39 is 6.10 Å². The van der Waals surface area contributed by atoms with Gasteiger partial charge in [0, 0.05) is 18.7 Å². The zero-order chi connectivity index (χ0) is 13.0. The first-order chi connectivity index (χ1) is 8.02. The number of nitrogens with zero attached hydrogens (tertiary/aromatic N) is 1. The standard InChI is InChI=1S/C14H22FNO/c1-5-11(6-2)16(4)14-12(10(3)17)8-7-9-13(14)15/h7-11,17H,5-6H2,1-4H3/t10-/m1/s1. The molecular weight excluding hydrogens is 217 g/mol. The Morgan fingerprint density at radius 1 is 1.29 bits per heavy atom. The first kappa shape index (κ1) is 14.0. The van der Waals surface area contributed by atoms with Crippen molar-refractivity contribution in [2.75, 3.05) is 11.9 Å². The van der Waals surface area contributed by atoms with Gasteiger partial charge in [-0.25, -0.2) is 4.39 Å². The second kappa shape index (κ2) is 6.01. The van der Waals surface area contributed by atoms with E-state index in [0.29, 0.717) is 17.3 Å². The van der Waals surface area contributed by atoms with Gasteiger partial charge in [0.25, 0.3) is 0 Å². The predicted octanol–water partition coefficient (Wildman–Crippen LogP) is 3.50. The van der Waals surface area contributed by atoms with E-state index in [0.717, 1.165) is 12.8 Å². The summed E-state index contributed by atoms with van der Waals surface area (Å²) in [6.07, 6.45) is 1.26. The Bertz CT molecular complexity index is 361. The maximum absolute atomic E-state index is 13.9. The SMILES string of the molecule is CCC(CC)N(C)c1c(F)cccc1[C@@H](C)O. The van der Waals surface area contributed by atoms with Crippen LogP contribution in [0.3, 0.4) is 0 Å². The van der Waals surface area contributed by atoms with Gasteiger partial charge in [0.1, 0.15) is 5.82 Å². The Morgan fingerprint density at radius 2 is 1.88 bits per heavy atom. The van der Waals surface area contributed by atoms with E-state index in [9.17, 15) is 9.50 Å². The van der Waals surface area contributed by atoms with Gasteiger partial charge in [-0.2, -0.15) is 0 Å². The van der Waals surface area contributed by atoms with Crippen molar-refractivity contribution < 1.29 is 9.50 Å². The van der Waals surface area contributed by atoms with Gasteiger partial charge in [-0.15, -0.1) is 0 Å². The van der Waals surface area contributed by atoms with E-state index in [-0.39, 0.29) is 5.82 Å². The predicted molar refractivity (Wildman–Crippen MR) is 69.8 cm³/mol. The number of rotatable bonds is 5. The first-order valence-electron chi connectivity index (χ1n) is 6.22. The molecule has 0 radical (unpaired) electrons. The van der Waals surface area contributed by atoms with E-state index in [2.05, 4.69) is 13.8 Å². The molecule has 1 N–H and O–H groups in total. The molecule has 0 saturated heterocycles. The van der Waals surface area contributed by atoms with E-state index in [4.69, 9.17) is 0 Å². The van der Waals surface area contributed by atoms with Crippen LogP contribution >= 0.6 is 0 Å². The number of aliphatic hydroxyl groups is 1. The molecule has 0 saturated carbocycles. The van der Waals surface area contributed by atoms with Crippen LogP contribution in [0.2, 0.25) is 0 Å². The Hall–Kier alpha value is -1.09. The lowest BCUT2D eigenvalue weighted by Gasteiger charge is -2.31. The maximum atomic E-state index is 13.9. The number of aliphatic hydroxyl groups excluding tert-OH is 1. The van der Waals surface area contributed by atoms with Crippen molar-refractivity contribution in [2.24, 2.45) is 0 Å². The van der Waals surface area contributed by atoms with Gasteiger partial charge in [0.15, 0.2) is 0 Å². The third-order valence-electron chi connectivity index (χ3n) is 3.31. The van der Waals surface area contributed by atoms with Crippen molar-refractivity contribution in [3.63, 3.8) is 0 Å². The summed E-state index contributed by atoms with van der Waals surface area (Å²) in [4.78, 5) is 1.94. The minimum Gasteiger partial charge on any atom is -0.389 e. The topological polar surface area (TPSA) is 23.5 Å². The summed E-state index contributed by atoms with van der Waals surface area (Å²) in [5, 5.41) is 9.71. The smallest absolute Gasteiger partial charge is 0.146 e. The van der Waals surface area contributed by atoms with Crippen LogP contribution in [-0.2, 0) is 0 Å². The molecule has 0 spiro atoms. The van der Waals surface area contributed by atoms with Gasteiger partial charge >= 0.3 is 0 Å². The Morgan fingerprint density at radius 3 is 2.35 bits per heavy atom. The van der Waals surface area contributed by atoms with Crippen LogP contribution in [0.1, 0.15) is 45.3 Å². The van der Waals surface area contributed by atoms with Gasteiger partial charge in [0.05, 0.1) is 11.8 Å². The number of anilines is 1. The average Bonchev–Trinajstić information content (AvgIpc) is 2.29.